The lowest BCUT2D eigenvalue weighted by molar-refractivity contribution is -0.138. The third-order valence-corrected chi connectivity index (χ3v) is 7.09. The number of nitrogens with zero attached hydrogens (tertiary/aromatic N) is 3. The Kier molecular flexibility index (Phi) is 6.86. The van der Waals surface area contributed by atoms with E-state index in [0.29, 0.717) is 45.2 Å². The van der Waals surface area contributed by atoms with Crippen molar-refractivity contribution >= 4 is 45.4 Å². The molecule has 180 valence electrons. The number of carbonyl (C=O) groups is 2. The lowest BCUT2D eigenvalue weighted by Crippen LogP contribution is -2.52. The van der Waals surface area contributed by atoms with E-state index < -0.39 is 17.7 Å². The lowest BCUT2D eigenvalue weighted by Gasteiger charge is -2.40. The first kappa shape index (κ1) is 24.1. The number of rotatable bonds is 8. The van der Waals surface area contributed by atoms with E-state index in [2.05, 4.69) is 15.3 Å². The molecule has 3 N–H and O–H groups in total. The summed E-state index contributed by atoms with van der Waals surface area (Å²) in [7, 11) is 0. The molecule has 3 heterocycles. The van der Waals surface area contributed by atoms with Gasteiger partial charge in [-0.15, -0.1) is 22.7 Å². The van der Waals surface area contributed by atoms with Crippen LogP contribution in [0.5, 0.6) is 0 Å². The van der Waals surface area contributed by atoms with Gasteiger partial charge in [-0.1, -0.05) is 0 Å². The lowest BCUT2D eigenvalue weighted by atomic mass is 9.98. The van der Waals surface area contributed by atoms with Crippen molar-refractivity contribution in [2.24, 2.45) is 5.92 Å². The van der Waals surface area contributed by atoms with Crippen molar-refractivity contribution in [2.45, 2.75) is 25.6 Å². The number of amides is 1. The van der Waals surface area contributed by atoms with Gasteiger partial charge in [0.2, 0.25) is 5.91 Å². The molecule has 0 spiro atoms. The second-order valence-electron chi connectivity index (χ2n) is 7.61. The van der Waals surface area contributed by atoms with Gasteiger partial charge in [0, 0.05) is 30.6 Å². The number of hydrogen-bond acceptors (Lipinski definition) is 8. The standard InChI is InChI=1S/C21H19F3N4O4S2/c22-21(23,24)12-1-3-13(4-2-12)28-7-11(8-28)19(32)27-20-26-15(10-33-20)18-14(5-6-17(30)31)25-16(9-29)34-18/h1-4,10-11,29H,5-9H2,(H,30,31)(H,26,27,32). The number of carboxylic acid groups (broad SMARTS) is 1. The van der Waals surface area contributed by atoms with E-state index in [-0.39, 0.29) is 31.3 Å². The molecule has 34 heavy (non-hydrogen) atoms. The van der Waals surface area contributed by atoms with Crippen LogP contribution < -0.4 is 10.2 Å². The zero-order chi connectivity index (χ0) is 24.5. The number of aliphatic hydroxyl groups is 1. The summed E-state index contributed by atoms with van der Waals surface area (Å²) in [5.41, 5.74) is 0.972. The van der Waals surface area contributed by atoms with Crippen LogP contribution >= 0.6 is 22.7 Å². The number of benzene rings is 1. The SMILES string of the molecule is O=C(O)CCc1nc(CO)sc1-c1csc(NC(=O)C2CN(c3ccc(C(F)(F)F)cc3)C2)n1. The molecule has 0 radical (unpaired) electrons. The van der Waals surface area contributed by atoms with Crippen molar-refractivity contribution in [1.29, 1.82) is 0 Å². The fraction of sp³-hybridized carbons (Fsp3) is 0.333. The number of hydrogen-bond donors (Lipinski definition) is 3. The number of thiazole rings is 2. The van der Waals surface area contributed by atoms with Gasteiger partial charge in [-0.3, -0.25) is 9.59 Å². The van der Waals surface area contributed by atoms with Crippen LogP contribution in [0, 0.1) is 5.92 Å². The summed E-state index contributed by atoms with van der Waals surface area (Å²) in [6, 6.07) is 4.82. The van der Waals surface area contributed by atoms with E-state index in [0.717, 1.165) is 12.1 Å². The largest absolute Gasteiger partial charge is 0.481 e. The quantitative estimate of drug-likeness (QED) is 0.420. The van der Waals surface area contributed by atoms with Crippen LogP contribution in [0.3, 0.4) is 0 Å². The number of aromatic nitrogens is 2. The predicted octanol–water partition coefficient (Wildman–Crippen LogP) is 3.87. The molecule has 0 atom stereocenters. The Balaban J connectivity index is 1.36. The molecule has 3 aromatic rings. The second-order valence-corrected chi connectivity index (χ2v) is 9.55. The Hall–Kier alpha value is -3.03. The molecule has 1 aliphatic heterocycles. The molecule has 0 unspecified atom stereocenters. The van der Waals surface area contributed by atoms with E-state index in [1.807, 2.05) is 4.90 Å². The van der Waals surface area contributed by atoms with Crippen LogP contribution in [0.25, 0.3) is 10.6 Å². The summed E-state index contributed by atoms with van der Waals surface area (Å²) in [4.78, 5) is 34.6. The Morgan fingerprint density at radius 2 is 1.88 bits per heavy atom. The van der Waals surface area contributed by atoms with E-state index in [9.17, 15) is 27.9 Å². The van der Waals surface area contributed by atoms with Gasteiger partial charge in [0.1, 0.15) is 5.01 Å². The molecule has 0 saturated carbocycles. The number of aliphatic hydroxyl groups excluding tert-OH is 1. The van der Waals surface area contributed by atoms with Gasteiger partial charge >= 0.3 is 12.1 Å². The Morgan fingerprint density at radius 3 is 2.50 bits per heavy atom. The first-order valence-corrected chi connectivity index (χ1v) is 11.8. The molecule has 8 nitrogen and oxygen atoms in total. The van der Waals surface area contributed by atoms with E-state index in [1.54, 1.807) is 5.38 Å². The summed E-state index contributed by atoms with van der Waals surface area (Å²) in [6.07, 6.45) is -4.30. The van der Waals surface area contributed by atoms with Crippen LogP contribution in [-0.2, 0) is 28.8 Å². The fourth-order valence-corrected chi connectivity index (χ4v) is 5.13. The van der Waals surface area contributed by atoms with Gasteiger partial charge in [0.15, 0.2) is 5.13 Å². The van der Waals surface area contributed by atoms with Crippen LogP contribution in [0.15, 0.2) is 29.6 Å². The van der Waals surface area contributed by atoms with Crippen molar-refractivity contribution in [3.05, 3.63) is 45.9 Å². The maximum atomic E-state index is 12.7. The fourth-order valence-electron chi connectivity index (χ4n) is 3.42. The number of carboxylic acids is 1. The molecule has 1 aliphatic rings. The summed E-state index contributed by atoms with van der Waals surface area (Å²) >= 11 is 2.43. The Bertz CT molecular complexity index is 1190. The van der Waals surface area contributed by atoms with Crippen molar-refractivity contribution in [2.75, 3.05) is 23.3 Å². The highest BCUT2D eigenvalue weighted by Gasteiger charge is 2.34. The third-order valence-electron chi connectivity index (χ3n) is 5.23. The van der Waals surface area contributed by atoms with E-state index >= 15 is 0 Å². The molecule has 2 aromatic heterocycles. The molecule has 0 bridgehead atoms. The van der Waals surface area contributed by atoms with Gasteiger partial charge in [0.05, 0.1) is 40.8 Å². The average molecular weight is 513 g/mol. The first-order chi connectivity index (χ1) is 16.1. The van der Waals surface area contributed by atoms with Crippen LogP contribution in [0.1, 0.15) is 22.7 Å². The van der Waals surface area contributed by atoms with Gasteiger partial charge in [-0.2, -0.15) is 13.2 Å². The van der Waals surface area contributed by atoms with Crippen LogP contribution in [-0.4, -0.2) is 45.1 Å². The van der Waals surface area contributed by atoms with Gasteiger partial charge in [-0.25, -0.2) is 9.97 Å². The average Bonchev–Trinajstić information content (AvgIpc) is 3.37. The number of alkyl halides is 3. The smallest absolute Gasteiger partial charge is 0.416 e. The van der Waals surface area contributed by atoms with Gasteiger partial charge in [-0.05, 0) is 24.3 Å². The number of nitrogens with one attached hydrogen (secondary N) is 1. The molecular weight excluding hydrogens is 493 g/mol. The van der Waals surface area contributed by atoms with Gasteiger partial charge < -0.3 is 20.4 Å². The van der Waals surface area contributed by atoms with Crippen molar-refractivity contribution in [3.8, 4) is 10.6 Å². The topological polar surface area (TPSA) is 116 Å². The monoisotopic (exact) mass is 512 g/mol. The maximum absolute atomic E-state index is 12.7. The molecule has 1 aromatic carbocycles. The number of carbonyl (C=O) groups excluding carboxylic acids is 1. The normalized spacial score (nSPS) is 14.2. The minimum Gasteiger partial charge on any atom is -0.481 e. The van der Waals surface area contributed by atoms with Gasteiger partial charge in [0.25, 0.3) is 0 Å². The minimum absolute atomic E-state index is 0.105. The number of aryl methyl sites for hydroxylation is 1. The highest BCUT2D eigenvalue weighted by atomic mass is 32.1. The minimum atomic E-state index is -4.39. The molecule has 1 amide bonds. The summed E-state index contributed by atoms with van der Waals surface area (Å²) in [5, 5.41) is 23.6. The van der Waals surface area contributed by atoms with Crippen molar-refractivity contribution < 1.29 is 33.0 Å². The number of aliphatic carboxylic acids is 1. The zero-order valence-corrected chi connectivity index (χ0v) is 19.1. The second kappa shape index (κ2) is 9.68. The van der Waals surface area contributed by atoms with E-state index in [4.69, 9.17) is 5.11 Å². The molecule has 1 fully saturated rings. The third kappa shape index (κ3) is 5.37. The summed E-state index contributed by atoms with van der Waals surface area (Å²) in [6.45, 7) is 0.489. The van der Waals surface area contributed by atoms with E-state index in [1.165, 1.54) is 34.8 Å². The van der Waals surface area contributed by atoms with Crippen LogP contribution in [0.2, 0.25) is 0 Å². The summed E-state index contributed by atoms with van der Waals surface area (Å²) in [5.74, 6) is -1.53. The highest BCUT2D eigenvalue weighted by molar-refractivity contribution is 7.17. The predicted molar refractivity (Wildman–Crippen MR) is 121 cm³/mol. The first-order valence-electron chi connectivity index (χ1n) is 10.1. The number of halogens is 3. The molecule has 1 saturated heterocycles. The molecule has 4 rings (SSSR count). The van der Waals surface area contributed by atoms with Crippen LogP contribution in [0.4, 0.5) is 24.0 Å². The Labute approximate surface area is 199 Å². The number of anilines is 2. The molecular formula is C21H19F3N4O4S2. The molecule has 13 heteroatoms. The van der Waals surface area contributed by atoms with Crippen molar-refractivity contribution in [3.63, 3.8) is 0 Å². The van der Waals surface area contributed by atoms with Crippen molar-refractivity contribution in [1.82, 2.24) is 9.97 Å². The zero-order valence-electron chi connectivity index (χ0n) is 17.5. The highest BCUT2D eigenvalue weighted by Crippen LogP contribution is 2.35. The maximum Gasteiger partial charge on any atom is 0.416 e. The summed E-state index contributed by atoms with van der Waals surface area (Å²) < 4.78 is 38.1. The Morgan fingerprint density at radius 1 is 1.18 bits per heavy atom. The molecule has 0 aliphatic carbocycles.